The Kier molecular flexibility index (Phi) is 4.07. The third-order valence-electron chi connectivity index (χ3n) is 4.63. The van der Waals surface area contributed by atoms with Gasteiger partial charge in [0.1, 0.15) is 11.5 Å². The van der Waals surface area contributed by atoms with Crippen molar-refractivity contribution in [1.29, 1.82) is 0 Å². The van der Waals surface area contributed by atoms with Crippen molar-refractivity contribution >= 4 is 21.1 Å². The third-order valence-corrected chi connectivity index (χ3v) is 5.73. The minimum atomic E-state index is -3.95. The SMILES string of the molecule is Cc1ccc(CS(=O)(=O)Oc2n[nH]c(=O)c3cc(C4CCC4)oc23)cc1. The van der Waals surface area contributed by atoms with Crippen LogP contribution in [0.1, 0.15) is 42.1 Å². The average molecular weight is 374 g/mol. The number of hydrogen-bond donors (Lipinski definition) is 1. The number of benzene rings is 1. The molecule has 1 saturated carbocycles. The Bertz CT molecular complexity index is 1110. The van der Waals surface area contributed by atoms with E-state index in [1.165, 1.54) is 0 Å². The second-order valence-corrected chi connectivity index (χ2v) is 8.22. The molecule has 0 atom stereocenters. The molecule has 0 saturated heterocycles. The molecule has 4 rings (SSSR count). The number of aromatic amines is 1. The van der Waals surface area contributed by atoms with Crippen LogP contribution in [0.25, 0.3) is 11.0 Å². The predicted molar refractivity (Wildman–Crippen MR) is 95.7 cm³/mol. The molecule has 0 radical (unpaired) electrons. The van der Waals surface area contributed by atoms with E-state index in [-0.39, 0.29) is 28.5 Å². The van der Waals surface area contributed by atoms with E-state index in [0.717, 1.165) is 24.8 Å². The lowest BCUT2D eigenvalue weighted by Crippen LogP contribution is -2.15. The Morgan fingerprint density at radius 3 is 2.65 bits per heavy atom. The summed E-state index contributed by atoms with van der Waals surface area (Å²) in [6, 6.07) is 8.78. The minimum Gasteiger partial charge on any atom is -0.455 e. The Labute approximate surface area is 150 Å². The summed E-state index contributed by atoms with van der Waals surface area (Å²) in [6.07, 6.45) is 3.10. The van der Waals surface area contributed by atoms with Crippen LogP contribution in [-0.4, -0.2) is 18.6 Å². The van der Waals surface area contributed by atoms with Gasteiger partial charge in [0.25, 0.3) is 11.4 Å². The fourth-order valence-corrected chi connectivity index (χ4v) is 3.95. The van der Waals surface area contributed by atoms with Gasteiger partial charge in [-0.2, -0.15) is 8.42 Å². The van der Waals surface area contributed by atoms with Crippen LogP contribution in [0.15, 0.2) is 39.5 Å². The van der Waals surface area contributed by atoms with Crippen LogP contribution in [0.4, 0.5) is 0 Å². The summed E-state index contributed by atoms with van der Waals surface area (Å²) < 4.78 is 35.7. The average Bonchev–Trinajstić information content (AvgIpc) is 2.96. The number of fused-ring (bicyclic) bond motifs is 1. The van der Waals surface area contributed by atoms with Crippen LogP contribution in [0.5, 0.6) is 5.88 Å². The minimum absolute atomic E-state index is 0.0723. The van der Waals surface area contributed by atoms with E-state index in [1.807, 2.05) is 19.1 Å². The van der Waals surface area contributed by atoms with Gasteiger partial charge >= 0.3 is 10.1 Å². The van der Waals surface area contributed by atoms with Crippen molar-refractivity contribution in [3.63, 3.8) is 0 Å². The number of furan rings is 1. The van der Waals surface area contributed by atoms with Crippen LogP contribution in [-0.2, 0) is 15.9 Å². The zero-order chi connectivity index (χ0) is 18.3. The number of nitrogens with zero attached hydrogens (tertiary/aromatic N) is 1. The second kappa shape index (κ2) is 6.28. The molecule has 2 aromatic heterocycles. The number of aryl methyl sites for hydroxylation is 1. The van der Waals surface area contributed by atoms with Crippen LogP contribution in [0.3, 0.4) is 0 Å². The topological polar surface area (TPSA) is 102 Å². The molecule has 0 unspecified atom stereocenters. The van der Waals surface area contributed by atoms with Crippen molar-refractivity contribution in [2.24, 2.45) is 0 Å². The van der Waals surface area contributed by atoms with Gasteiger partial charge in [0.05, 0.1) is 5.39 Å². The number of rotatable bonds is 5. The fourth-order valence-electron chi connectivity index (χ4n) is 2.94. The molecular formula is C18H18N2O5S. The first-order valence-electron chi connectivity index (χ1n) is 8.41. The van der Waals surface area contributed by atoms with Crippen molar-refractivity contribution in [2.45, 2.75) is 37.9 Å². The van der Waals surface area contributed by atoms with E-state index in [9.17, 15) is 13.2 Å². The Hall–Kier alpha value is -2.61. The normalized spacial score (nSPS) is 15.1. The number of H-pyrrole nitrogens is 1. The quantitative estimate of drug-likeness (QED) is 0.689. The van der Waals surface area contributed by atoms with Gasteiger partial charge in [0, 0.05) is 5.92 Å². The first-order chi connectivity index (χ1) is 12.4. The zero-order valence-electron chi connectivity index (χ0n) is 14.2. The standard InChI is InChI=1S/C18H18N2O5S/c1-11-5-7-12(8-6-11)10-26(22,23)25-18-16-14(17(21)19-20-18)9-15(24-16)13-3-2-4-13/h5-9,13H,2-4,10H2,1H3,(H,19,21). The van der Waals surface area contributed by atoms with Gasteiger partial charge in [-0.15, -0.1) is 5.10 Å². The summed E-state index contributed by atoms with van der Waals surface area (Å²) >= 11 is 0. The largest absolute Gasteiger partial charge is 0.455 e. The summed E-state index contributed by atoms with van der Waals surface area (Å²) in [5.74, 6) is 0.396. The number of aromatic nitrogens is 2. The van der Waals surface area contributed by atoms with Crippen LogP contribution >= 0.6 is 0 Å². The maximum absolute atomic E-state index is 12.4. The highest BCUT2D eigenvalue weighted by Crippen LogP contribution is 2.39. The molecule has 1 N–H and O–H groups in total. The molecule has 7 nitrogen and oxygen atoms in total. The van der Waals surface area contributed by atoms with Crippen molar-refractivity contribution in [2.75, 3.05) is 0 Å². The molecule has 26 heavy (non-hydrogen) atoms. The molecule has 3 aromatic rings. The zero-order valence-corrected chi connectivity index (χ0v) is 15.0. The summed E-state index contributed by atoms with van der Waals surface area (Å²) in [7, 11) is -3.95. The lowest BCUT2D eigenvalue weighted by molar-refractivity contribution is 0.353. The fraction of sp³-hybridized carbons (Fsp3) is 0.333. The lowest BCUT2D eigenvalue weighted by atomic mass is 9.83. The summed E-state index contributed by atoms with van der Waals surface area (Å²) in [5.41, 5.74) is 1.28. The molecule has 1 fully saturated rings. The molecule has 2 heterocycles. The summed E-state index contributed by atoms with van der Waals surface area (Å²) in [6.45, 7) is 1.92. The van der Waals surface area contributed by atoms with E-state index >= 15 is 0 Å². The Morgan fingerprint density at radius 1 is 1.27 bits per heavy atom. The maximum atomic E-state index is 12.4. The van der Waals surface area contributed by atoms with Gasteiger partial charge < -0.3 is 8.60 Å². The van der Waals surface area contributed by atoms with Gasteiger partial charge in [0.15, 0.2) is 0 Å². The lowest BCUT2D eigenvalue weighted by Gasteiger charge is -2.22. The Morgan fingerprint density at radius 2 is 2.00 bits per heavy atom. The smallest absolute Gasteiger partial charge is 0.315 e. The van der Waals surface area contributed by atoms with E-state index in [2.05, 4.69) is 10.2 Å². The molecule has 0 amide bonds. The first kappa shape index (κ1) is 16.8. The second-order valence-electron chi connectivity index (χ2n) is 6.65. The van der Waals surface area contributed by atoms with Crippen LogP contribution < -0.4 is 9.74 Å². The molecule has 1 aliphatic carbocycles. The van der Waals surface area contributed by atoms with E-state index in [4.69, 9.17) is 8.60 Å². The summed E-state index contributed by atoms with van der Waals surface area (Å²) in [5, 5.41) is 6.25. The molecule has 136 valence electrons. The number of nitrogens with one attached hydrogen (secondary N) is 1. The maximum Gasteiger partial charge on any atom is 0.315 e. The van der Waals surface area contributed by atoms with Gasteiger partial charge in [-0.1, -0.05) is 36.2 Å². The monoisotopic (exact) mass is 374 g/mol. The first-order valence-corrected chi connectivity index (χ1v) is 9.99. The van der Waals surface area contributed by atoms with E-state index < -0.39 is 15.7 Å². The van der Waals surface area contributed by atoms with Crippen LogP contribution in [0.2, 0.25) is 0 Å². The highest BCUT2D eigenvalue weighted by molar-refractivity contribution is 7.86. The van der Waals surface area contributed by atoms with Gasteiger partial charge in [-0.25, -0.2) is 5.10 Å². The van der Waals surface area contributed by atoms with Crippen molar-refractivity contribution < 1.29 is 17.0 Å². The van der Waals surface area contributed by atoms with Crippen molar-refractivity contribution in [3.8, 4) is 5.88 Å². The highest BCUT2D eigenvalue weighted by Gasteiger charge is 2.26. The molecule has 0 aliphatic heterocycles. The van der Waals surface area contributed by atoms with Gasteiger partial charge in [-0.3, -0.25) is 4.79 Å². The predicted octanol–water partition coefficient (Wildman–Crippen LogP) is 3.00. The van der Waals surface area contributed by atoms with E-state index in [1.54, 1.807) is 18.2 Å². The highest BCUT2D eigenvalue weighted by atomic mass is 32.2. The van der Waals surface area contributed by atoms with Gasteiger partial charge in [0.2, 0.25) is 5.58 Å². The molecule has 1 aliphatic rings. The molecule has 1 aromatic carbocycles. The van der Waals surface area contributed by atoms with Crippen molar-refractivity contribution in [1.82, 2.24) is 10.2 Å². The van der Waals surface area contributed by atoms with Gasteiger partial charge in [-0.05, 0) is 31.4 Å². The summed E-state index contributed by atoms with van der Waals surface area (Å²) in [4.78, 5) is 12.0. The Balaban J connectivity index is 1.65. The van der Waals surface area contributed by atoms with Crippen molar-refractivity contribution in [3.05, 3.63) is 57.6 Å². The molecule has 8 heteroatoms. The number of hydrogen-bond acceptors (Lipinski definition) is 6. The molecule has 0 spiro atoms. The third kappa shape index (κ3) is 3.24. The molecule has 0 bridgehead atoms. The van der Waals surface area contributed by atoms with E-state index in [0.29, 0.717) is 11.3 Å². The molecular weight excluding hydrogens is 356 g/mol. The van der Waals surface area contributed by atoms with Crippen LogP contribution in [0, 0.1) is 6.92 Å².